The molecule has 0 aliphatic carbocycles. The van der Waals surface area contributed by atoms with E-state index in [2.05, 4.69) is 33.7 Å². The molecule has 0 aliphatic rings. The molecule has 102 valence electrons. The summed E-state index contributed by atoms with van der Waals surface area (Å²) in [7, 11) is 0. The highest BCUT2D eigenvalue weighted by Crippen LogP contribution is 2.13. The maximum atomic E-state index is 5.15. The first-order valence-electron chi connectivity index (χ1n) is 6.71. The molecule has 0 saturated heterocycles. The summed E-state index contributed by atoms with van der Waals surface area (Å²) >= 11 is 0. The van der Waals surface area contributed by atoms with E-state index in [0.717, 1.165) is 41.3 Å². The molecule has 0 bridgehead atoms. The highest BCUT2D eigenvalue weighted by atomic mass is 16.5. The van der Waals surface area contributed by atoms with Crippen LogP contribution in [0, 0.1) is 13.8 Å². The number of benzene rings is 1. The van der Waals surface area contributed by atoms with Gasteiger partial charge in [-0.3, -0.25) is 4.98 Å². The van der Waals surface area contributed by atoms with Crippen LogP contribution in [-0.2, 0) is 13.1 Å². The molecule has 4 heteroatoms. The summed E-state index contributed by atoms with van der Waals surface area (Å²) in [6, 6.07) is 12.3. The lowest BCUT2D eigenvalue weighted by molar-refractivity contribution is 0.392. The second kappa shape index (κ2) is 5.43. The van der Waals surface area contributed by atoms with E-state index in [4.69, 9.17) is 4.52 Å². The van der Waals surface area contributed by atoms with E-state index in [9.17, 15) is 0 Å². The van der Waals surface area contributed by atoms with Gasteiger partial charge in [0.05, 0.1) is 16.9 Å². The van der Waals surface area contributed by atoms with Crippen LogP contribution in [0.15, 0.2) is 40.9 Å². The molecule has 3 aromatic rings. The number of fused-ring (bicyclic) bond motifs is 1. The van der Waals surface area contributed by atoms with Crippen LogP contribution in [0.25, 0.3) is 10.9 Å². The number of para-hydroxylation sites is 1. The number of nitrogens with one attached hydrogen (secondary N) is 1. The van der Waals surface area contributed by atoms with Crippen molar-refractivity contribution in [2.75, 3.05) is 0 Å². The van der Waals surface area contributed by atoms with E-state index < -0.39 is 0 Å². The molecular formula is C16H17N3O. The molecule has 20 heavy (non-hydrogen) atoms. The normalized spacial score (nSPS) is 11.1. The zero-order valence-electron chi connectivity index (χ0n) is 11.7. The molecule has 1 aromatic carbocycles. The Labute approximate surface area is 117 Å². The fourth-order valence-electron chi connectivity index (χ4n) is 2.28. The lowest BCUT2D eigenvalue weighted by Crippen LogP contribution is -2.14. The lowest BCUT2D eigenvalue weighted by atomic mass is 10.2. The van der Waals surface area contributed by atoms with Crippen molar-refractivity contribution in [3.63, 3.8) is 0 Å². The van der Waals surface area contributed by atoms with Crippen LogP contribution in [0.1, 0.15) is 22.7 Å². The van der Waals surface area contributed by atoms with Crippen molar-refractivity contribution in [2.45, 2.75) is 26.9 Å². The van der Waals surface area contributed by atoms with Gasteiger partial charge in [-0.1, -0.05) is 29.4 Å². The van der Waals surface area contributed by atoms with E-state index in [1.165, 1.54) is 5.39 Å². The van der Waals surface area contributed by atoms with Crippen LogP contribution in [0.2, 0.25) is 0 Å². The predicted molar refractivity (Wildman–Crippen MR) is 78.3 cm³/mol. The average Bonchev–Trinajstić information content (AvgIpc) is 2.79. The van der Waals surface area contributed by atoms with E-state index >= 15 is 0 Å². The van der Waals surface area contributed by atoms with Crippen molar-refractivity contribution in [3.05, 3.63) is 59.1 Å². The van der Waals surface area contributed by atoms with Gasteiger partial charge in [-0.15, -0.1) is 0 Å². The summed E-state index contributed by atoms with van der Waals surface area (Å²) in [5, 5.41) is 8.51. The van der Waals surface area contributed by atoms with Crippen molar-refractivity contribution >= 4 is 10.9 Å². The standard InChI is InChI=1S/C16H17N3O/c1-11-15(12(2)20-19-11)10-17-9-14-8-7-13-5-3-4-6-16(13)18-14/h3-8,17H,9-10H2,1-2H3. The molecule has 0 radical (unpaired) electrons. The summed E-state index contributed by atoms with van der Waals surface area (Å²) in [6.45, 7) is 5.37. The number of pyridine rings is 1. The van der Waals surface area contributed by atoms with Crippen molar-refractivity contribution in [3.8, 4) is 0 Å². The number of rotatable bonds is 4. The highest BCUT2D eigenvalue weighted by molar-refractivity contribution is 5.78. The van der Waals surface area contributed by atoms with Gasteiger partial charge in [0.2, 0.25) is 0 Å². The average molecular weight is 267 g/mol. The molecule has 2 aromatic heterocycles. The maximum absolute atomic E-state index is 5.15. The number of hydrogen-bond donors (Lipinski definition) is 1. The monoisotopic (exact) mass is 267 g/mol. The predicted octanol–water partition coefficient (Wildman–Crippen LogP) is 3.13. The minimum absolute atomic E-state index is 0.731. The molecule has 0 unspecified atom stereocenters. The number of aryl methyl sites for hydroxylation is 2. The van der Waals surface area contributed by atoms with Crippen molar-refractivity contribution in [1.82, 2.24) is 15.5 Å². The van der Waals surface area contributed by atoms with Gasteiger partial charge < -0.3 is 9.84 Å². The first-order valence-corrected chi connectivity index (χ1v) is 6.71. The second-order valence-electron chi connectivity index (χ2n) is 4.90. The second-order valence-corrected chi connectivity index (χ2v) is 4.90. The maximum Gasteiger partial charge on any atom is 0.138 e. The molecule has 0 aliphatic heterocycles. The molecule has 4 nitrogen and oxygen atoms in total. The Balaban J connectivity index is 1.68. The Morgan fingerprint density at radius 2 is 1.90 bits per heavy atom. The third kappa shape index (κ3) is 2.56. The highest BCUT2D eigenvalue weighted by Gasteiger charge is 2.08. The lowest BCUT2D eigenvalue weighted by Gasteiger charge is -2.05. The van der Waals surface area contributed by atoms with Crippen molar-refractivity contribution in [2.24, 2.45) is 0 Å². The van der Waals surface area contributed by atoms with Gasteiger partial charge in [-0.2, -0.15) is 0 Å². The Bertz CT molecular complexity index is 714. The SMILES string of the molecule is Cc1noc(C)c1CNCc1ccc2ccccc2n1. The molecule has 3 rings (SSSR count). The van der Waals surface area contributed by atoms with Gasteiger partial charge in [-0.05, 0) is 26.0 Å². The molecular weight excluding hydrogens is 250 g/mol. The smallest absolute Gasteiger partial charge is 0.138 e. The van der Waals surface area contributed by atoms with Gasteiger partial charge >= 0.3 is 0 Å². The largest absolute Gasteiger partial charge is 0.361 e. The van der Waals surface area contributed by atoms with Gasteiger partial charge in [0.15, 0.2) is 0 Å². The quantitative estimate of drug-likeness (QED) is 0.789. The van der Waals surface area contributed by atoms with Crippen LogP contribution in [-0.4, -0.2) is 10.1 Å². The van der Waals surface area contributed by atoms with Crippen LogP contribution >= 0.6 is 0 Å². The van der Waals surface area contributed by atoms with Crippen LogP contribution < -0.4 is 5.32 Å². The Morgan fingerprint density at radius 3 is 2.70 bits per heavy atom. The molecule has 0 saturated carbocycles. The first kappa shape index (κ1) is 12.8. The molecule has 2 heterocycles. The minimum Gasteiger partial charge on any atom is -0.361 e. The van der Waals surface area contributed by atoms with Crippen LogP contribution in [0.4, 0.5) is 0 Å². The third-order valence-corrected chi connectivity index (χ3v) is 3.45. The van der Waals surface area contributed by atoms with Crippen molar-refractivity contribution < 1.29 is 4.52 Å². The summed E-state index contributed by atoms with van der Waals surface area (Å²) in [4.78, 5) is 4.64. The zero-order chi connectivity index (χ0) is 13.9. The number of aromatic nitrogens is 2. The van der Waals surface area contributed by atoms with Crippen molar-refractivity contribution in [1.29, 1.82) is 0 Å². The fourth-order valence-corrected chi connectivity index (χ4v) is 2.28. The molecule has 0 spiro atoms. The molecule has 0 atom stereocenters. The summed E-state index contributed by atoms with van der Waals surface area (Å²) in [5.41, 5.74) is 4.15. The van der Waals surface area contributed by atoms with Gasteiger partial charge in [0.25, 0.3) is 0 Å². The van der Waals surface area contributed by atoms with E-state index in [1.807, 2.05) is 32.0 Å². The van der Waals surface area contributed by atoms with Gasteiger partial charge in [0.1, 0.15) is 5.76 Å². The fraction of sp³-hybridized carbons (Fsp3) is 0.250. The van der Waals surface area contributed by atoms with E-state index in [-0.39, 0.29) is 0 Å². The summed E-state index contributed by atoms with van der Waals surface area (Å²) in [5.74, 6) is 0.876. The number of nitrogens with zero attached hydrogens (tertiary/aromatic N) is 2. The Kier molecular flexibility index (Phi) is 3.48. The number of hydrogen-bond acceptors (Lipinski definition) is 4. The van der Waals surface area contributed by atoms with Gasteiger partial charge in [0, 0.05) is 24.0 Å². The Hall–Kier alpha value is -2.20. The molecule has 0 fully saturated rings. The molecule has 1 N–H and O–H groups in total. The van der Waals surface area contributed by atoms with Crippen LogP contribution in [0.5, 0.6) is 0 Å². The topological polar surface area (TPSA) is 51.0 Å². The summed E-state index contributed by atoms with van der Waals surface area (Å²) < 4.78 is 5.15. The van der Waals surface area contributed by atoms with E-state index in [0.29, 0.717) is 0 Å². The third-order valence-electron chi connectivity index (χ3n) is 3.45. The first-order chi connectivity index (χ1) is 9.74. The zero-order valence-corrected chi connectivity index (χ0v) is 11.7. The van der Waals surface area contributed by atoms with E-state index in [1.54, 1.807) is 0 Å². The molecule has 0 amide bonds. The van der Waals surface area contributed by atoms with Crippen LogP contribution in [0.3, 0.4) is 0 Å². The van der Waals surface area contributed by atoms with Gasteiger partial charge in [-0.25, -0.2) is 0 Å². The Morgan fingerprint density at radius 1 is 1.05 bits per heavy atom. The summed E-state index contributed by atoms with van der Waals surface area (Å²) in [6.07, 6.45) is 0. The minimum atomic E-state index is 0.731.